The smallest absolute Gasteiger partial charge is 0.411 e. The Morgan fingerprint density at radius 2 is 1.90 bits per heavy atom. The zero-order valence-electron chi connectivity index (χ0n) is 25.6. The Hall–Kier alpha value is -5.13. The van der Waals surface area contributed by atoms with Crippen LogP contribution in [0.25, 0.3) is 16.8 Å². The number of guanidine groups is 1. The number of benzene rings is 2. The zero-order valence-corrected chi connectivity index (χ0v) is 26.4. The average Bonchev–Trinajstić information content (AvgIpc) is 3.93. The second kappa shape index (κ2) is 12.3. The predicted octanol–water partition coefficient (Wildman–Crippen LogP) is 5.96. The molecule has 3 aliphatic rings. The second-order valence-corrected chi connectivity index (χ2v) is 12.5. The molecule has 4 aromatic rings. The SMILES string of the molecule is NC1=N[C@H](c2ccc(-c3cnn(C4CC4)c3)c(F)c2)C(=O)N1[C@H](COC(=O)NC1(C(F)(F)F)CC1)c1ccc(Cl)c(-n2ncnc2C(F)F)c1. The highest BCUT2D eigenvalue weighted by molar-refractivity contribution is 6.32. The van der Waals surface area contributed by atoms with Crippen molar-refractivity contribution in [1.82, 2.24) is 34.8 Å². The Bertz CT molecular complexity index is 2010. The van der Waals surface area contributed by atoms with Crippen LogP contribution in [0.2, 0.25) is 5.02 Å². The van der Waals surface area contributed by atoms with Crippen LogP contribution in [0.5, 0.6) is 0 Å². The molecule has 3 N–H and O–H groups in total. The van der Waals surface area contributed by atoms with Crippen LogP contribution in [0.1, 0.15) is 67.2 Å². The van der Waals surface area contributed by atoms with E-state index in [2.05, 4.69) is 20.2 Å². The summed E-state index contributed by atoms with van der Waals surface area (Å²) in [7, 11) is 0. The van der Waals surface area contributed by atoms with Gasteiger partial charge in [-0.3, -0.25) is 14.4 Å². The van der Waals surface area contributed by atoms with Crippen LogP contribution in [-0.2, 0) is 9.53 Å². The summed E-state index contributed by atoms with van der Waals surface area (Å²) in [6.07, 6.45) is -3.75. The molecule has 2 atom stereocenters. The van der Waals surface area contributed by atoms with E-state index in [0.717, 1.165) is 34.8 Å². The van der Waals surface area contributed by atoms with Gasteiger partial charge in [-0.05, 0) is 55.0 Å². The van der Waals surface area contributed by atoms with Gasteiger partial charge in [-0.2, -0.15) is 23.4 Å². The predicted molar refractivity (Wildman–Crippen MR) is 164 cm³/mol. The second-order valence-electron chi connectivity index (χ2n) is 12.1. The molecule has 0 spiro atoms. The Morgan fingerprint density at radius 1 is 1.14 bits per heavy atom. The molecule has 2 saturated carbocycles. The standard InChI is InChI=1S/C31H26ClF6N9O3/c32-20-6-2-15(10-22(20)47-26(25(34)35)40-14-42-47)23(13-50-29(49)44-30(7-8-30)31(36,37)38)46-27(48)24(43-28(46)39)16-1-5-19(21(33)9-16)17-11-41-45(12-17)18-3-4-18/h1-2,5-6,9-12,14,18,23-25H,3-4,7-8,13H2,(H2,39,43)(H,44,49)/t23-,24-/m1/s1. The molecule has 0 saturated heterocycles. The third kappa shape index (κ3) is 6.11. The van der Waals surface area contributed by atoms with Gasteiger partial charge in [0.15, 0.2) is 17.8 Å². The highest BCUT2D eigenvalue weighted by atomic mass is 35.5. The van der Waals surface area contributed by atoms with Crippen molar-refractivity contribution in [2.75, 3.05) is 6.61 Å². The maximum atomic E-state index is 15.4. The number of aliphatic imine (C=N–C) groups is 1. The highest BCUT2D eigenvalue weighted by Crippen LogP contribution is 2.49. The molecule has 7 rings (SSSR count). The molecule has 50 heavy (non-hydrogen) atoms. The summed E-state index contributed by atoms with van der Waals surface area (Å²) in [5.41, 5.74) is 4.72. The molecule has 12 nitrogen and oxygen atoms in total. The van der Waals surface area contributed by atoms with Gasteiger partial charge in [0.25, 0.3) is 12.3 Å². The number of ether oxygens (including phenoxy) is 1. The fraction of sp³-hybridized carbons (Fsp3) is 0.355. The number of rotatable bonds is 10. The summed E-state index contributed by atoms with van der Waals surface area (Å²) in [4.78, 5) is 35.3. The minimum Gasteiger partial charge on any atom is -0.447 e. The van der Waals surface area contributed by atoms with E-state index in [1.54, 1.807) is 17.1 Å². The number of carbonyl (C=O) groups excluding carboxylic acids is 2. The lowest BCUT2D eigenvalue weighted by molar-refractivity contribution is -0.164. The van der Waals surface area contributed by atoms with Crippen molar-refractivity contribution in [2.45, 2.75) is 61.9 Å². The van der Waals surface area contributed by atoms with Crippen LogP contribution in [0, 0.1) is 5.82 Å². The lowest BCUT2D eigenvalue weighted by atomic mass is 10.0. The Balaban J connectivity index is 1.19. The topological polar surface area (TPSA) is 146 Å². The third-order valence-corrected chi connectivity index (χ3v) is 9.11. The number of alkyl carbamates (subject to hydrolysis) is 1. The molecular weight excluding hydrogens is 696 g/mol. The molecule has 262 valence electrons. The van der Waals surface area contributed by atoms with Crippen LogP contribution in [0.3, 0.4) is 0 Å². The van der Waals surface area contributed by atoms with E-state index in [0.29, 0.717) is 5.56 Å². The van der Waals surface area contributed by atoms with Crippen LogP contribution < -0.4 is 11.1 Å². The number of alkyl halides is 5. The van der Waals surface area contributed by atoms with Crippen LogP contribution >= 0.6 is 11.6 Å². The largest absolute Gasteiger partial charge is 0.447 e. The average molecular weight is 722 g/mol. The number of amides is 2. The monoisotopic (exact) mass is 721 g/mol. The Kier molecular flexibility index (Phi) is 8.23. The number of carbonyl (C=O) groups is 2. The summed E-state index contributed by atoms with van der Waals surface area (Å²) in [6.45, 7) is -0.757. The van der Waals surface area contributed by atoms with Gasteiger partial charge in [-0.25, -0.2) is 32.6 Å². The van der Waals surface area contributed by atoms with Gasteiger partial charge in [0.1, 0.15) is 24.3 Å². The number of nitrogens with two attached hydrogens (primary N) is 1. The molecule has 1 aliphatic heterocycles. The maximum absolute atomic E-state index is 15.4. The number of aromatic nitrogens is 5. The fourth-order valence-corrected chi connectivity index (χ4v) is 5.97. The van der Waals surface area contributed by atoms with Crippen molar-refractivity contribution in [3.8, 4) is 16.8 Å². The van der Waals surface area contributed by atoms with E-state index in [1.165, 1.54) is 30.3 Å². The number of nitrogens with zero attached hydrogens (tertiary/aromatic N) is 7. The summed E-state index contributed by atoms with van der Waals surface area (Å²) < 4.78 is 91.0. The normalized spacial score (nSPS) is 19.1. The summed E-state index contributed by atoms with van der Waals surface area (Å²) in [6, 6.07) is 5.61. The van der Waals surface area contributed by atoms with Gasteiger partial charge < -0.3 is 15.8 Å². The number of nitrogens with one attached hydrogen (secondary N) is 1. The van der Waals surface area contributed by atoms with E-state index in [9.17, 15) is 31.5 Å². The first-order chi connectivity index (χ1) is 23.8. The van der Waals surface area contributed by atoms with E-state index in [4.69, 9.17) is 22.1 Å². The molecule has 0 radical (unpaired) electrons. The lowest BCUT2D eigenvalue weighted by Crippen LogP contribution is -2.49. The van der Waals surface area contributed by atoms with Crippen molar-refractivity contribution >= 4 is 29.6 Å². The first-order valence-electron chi connectivity index (χ1n) is 15.3. The quantitative estimate of drug-likeness (QED) is 0.192. The van der Waals surface area contributed by atoms with E-state index < -0.39 is 60.5 Å². The lowest BCUT2D eigenvalue weighted by Gasteiger charge is -2.29. The van der Waals surface area contributed by atoms with E-state index >= 15 is 4.39 Å². The van der Waals surface area contributed by atoms with Crippen LogP contribution in [-0.4, -0.2) is 65.7 Å². The minimum absolute atomic E-state index is 0.0510. The highest BCUT2D eigenvalue weighted by Gasteiger charge is 2.64. The maximum Gasteiger partial charge on any atom is 0.411 e. The Labute approximate surface area is 283 Å². The van der Waals surface area contributed by atoms with Crippen LogP contribution in [0.4, 0.5) is 31.1 Å². The summed E-state index contributed by atoms with van der Waals surface area (Å²) in [5, 5.41) is 9.88. The zero-order chi connectivity index (χ0) is 35.5. The number of hydrogen-bond acceptors (Lipinski definition) is 8. The number of hydrogen-bond donors (Lipinski definition) is 2. The van der Waals surface area contributed by atoms with Gasteiger partial charge in [0.05, 0.1) is 29.0 Å². The molecular formula is C31H26ClF6N9O3. The van der Waals surface area contributed by atoms with Crippen molar-refractivity contribution < 1.29 is 40.7 Å². The molecule has 0 unspecified atom stereocenters. The van der Waals surface area contributed by atoms with Gasteiger partial charge >= 0.3 is 12.3 Å². The fourth-order valence-electron chi connectivity index (χ4n) is 5.77. The molecule has 2 fully saturated rings. The first-order valence-corrected chi connectivity index (χ1v) is 15.6. The van der Waals surface area contributed by atoms with Crippen molar-refractivity contribution in [1.29, 1.82) is 0 Å². The molecule has 2 aromatic heterocycles. The van der Waals surface area contributed by atoms with Gasteiger partial charge in [0, 0.05) is 17.3 Å². The van der Waals surface area contributed by atoms with Crippen molar-refractivity contribution in [3.05, 3.63) is 82.9 Å². The van der Waals surface area contributed by atoms with Gasteiger partial charge in [-0.15, -0.1) is 0 Å². The molecule has 0 bridgehead atoms. The van der Waals surface area contributed by atoms with Gasteiger partial charge in [-0.1, -0.05) is 29.8 Å². The third-order valence-electron chi connectivity index (χ3n) is 8.79. The Morgan fingerprint density at radius 3 is 2.56 bits per heavy atom. The molecule has 19 heteroatoms. The number of halogens is 7. The minimum atomic E-state index is -4.73. The van der Waals surface area contributed by atoms with Gasteiger partial charge in [0.2, 0.25) is 0 Å². The molecule has 2 aromatic carbocycles. The molecule has 2 amide bonds. The molecule has 2 aliphatic carbocycles. The van der Waals surface area contributed by atoms with Crippen LogP contribution in [0.15, 0.2) is 60.1 Å². The summed E-state index contributed by atoms with van der Waals surface area (Å²) in [5.74, 6) is -2.58. The van der Waals surface area contributed by atoms with Crippen molar-refractivity contribution in [2.24, 2.45) is 10.7 Å². The molecule has 3 heterocycles. The van der Waals surface area contributed by atoms with Crippen molar-refractivity contribution in [3.63, 3.8) is 0 Å². The first kappa shape index (κ1) is 33.4. The van der Waals surface area contributed by atoms with E-state index in [1.807, 2.05) is 5.32 Å². The summed E-state index contributed by atoms with van der Waals surface area (Å²) >= 11 is 6.33. The van der Waals surface area contributed by atoms with E-state index in [-0.39, 0.29) is 52.2 Å².